The summed E-state index contributed by atoms with van der Waals surface area (Å²) in [5.74, 6) is 1.63. The molecule has 0 radical (unpaired) electrons. The topological polar surface area (TPSA) is 28.2 Å². The number of rotatable bonds is 5. The van der Waals surface area contributed by atoms with Gasteiger partial charge in [-0.25, -0.2) is 0 Å². The van der Waals surface area contributed by atoms with E-state index in [1.54, 1.807) is 0 Å². The molecule has 1 aliphatic carbocycles. The quantitative estimate of drug-likeness (QED) is 0.897. The van der Waals surface area contributed by atoms with E-state index in [0.29, 0.717) is 5.92 Å². The smallest absolute Gasteiger partial charge is 0.0562 e. The minimum absolute atomic E-state index is 0.689. The Hall–Kier alpha value is -1.09. The Balaban J connectivity index is 1.67. The van der Waals surface area contributed by atoms with Crippen LogP contribution in [0.5, 0.6) is 0 Å². The first-order chi connectivity index (χ1) is 10.2. The van der Waals surface area contributed by atoms with E-state index in [2.05, 4.69) is 41.2 Å². The van der Waals surface area contributed by atoms with Crippen molar-refractivity contribution in [3.63, 3.8) is 0 Å². The molecule has 1 aromatic rings. The summed E-state index contributed by atoms with van der Waals surface area (Å²) in [6.07, 6.45) is 9.02. The highest BCUT2D eigenvalue weighted by atomic mass is 15.2. The van der Waals surface area contributed by atoms with Gasteiger partial charge in [0.15, 0.2) is 0 Å². The molecule has 1 saturated carbocycles. The zero-order valence-electron chi connectivity index (χ0n) is 13.5. The van der Waals surface area contributed by atoms with Gasteiger partial charge in [-0.15, -0.1) is 0 Å². The van der Waals surface area contributed by atoms with Crippen molar-refractivity contribution < 1.29 is 0 Å². The molecule has 0 amide bonds. The predicted molar refractivity (Wildman–Crippen MR) is 88.5 cm³/mol. The molecule has 0 aromatic carbocycles. The van der Waals surface area contributed by atoms with Crippen molar-refractivity contribution >= 4 is 5.69 Å². The SMILES string of the molecule is CC(C)CNCc1cc(N2CCCC3CCCC32)ccn1. The van der Waals surface area contributed by atoms with Crippen LogP contribution in [-0.4, -0.2) is 24.1 Å². The Labute approximate surface area is 129 Å². The van der Waals surface area contributed by atoms with Crippen molar-refractivity contribution in [2.24, 2.45) is 11.8 Å². The number of nitrogens with one attached hydrogen (secondary N) is 1. The van der Waals surface area contributed by atoms with Crippen LogP contribution in [0.15, 0.2) is 18.3 Å². The van der Waals surface area contributed by atoms with Gasteiger partial charge in [-0.3, -0.25) is 4.98 Å². The van der Waals surface area contributed by atoms with E-state index in [4.69, 9.17) is 0 Å². The first kappa shape index (κ1) is 14.8. The van der Waals surface area contributed by atoms with E-state index < -0.39 is 0 Å². The number of piperidine rings is 1. The Morgan fingerprint density at radius 2 is 2.14 bits per heavy atom. The van der Waals surface area contributed by atoms with Crippen molar-refractivity contribution in [1.29, 1.82) is 0 Å². The van der Waals surface area contributed by atoms with Gasteiger partial charge in [0.1, 0.15) is 0 Å². The average Bonchev–Trinajstić information content (AvgIpc) is 2.95. The Kier molecular flexibility index (Phi) is 4.79. The number of aromatic nitrogens is 1. The monoisotopic (exact) mass is 287 g/mol. The standard InChI is InChI=1S/C18H29N3/c1-14(2)12-19-13-16-11-17(8-9-20-16)21-10-4-6-15-5-3-7-18(15)21/h8-9,11,14-15,18-19H,3-7,10,12-13H2,1-2H3. The molecule has 3 heteroatoms. The van der Waals surface area contributed by atoms with Gasteiger partial charge in [-0.2, -0.15) is 0 Å². The molecule has 21 heavy (non-hydrogen) atoms. The molecule has 2 unspecified atom stereocenters. The molecule has 0 spiro atoms. The third-order valence-corrected chi connectivity index (χ3v) is 4.98. The fourth-order valence-electron chi connectivity index (χ4n) is 4.00. The van der Waals surface area contributed by atoms with Gasteiger partial charge in [0, 0.05) is 31.0 Å². The highest BCUT2D eigenvalue weighted by molar-refractivity contribution is 5.48. The number of pyridine rings is 1. The second-order valence-corrected chi connectivity index (χ2v) is 7.12. The van der Waals surface area contributed by atoms with Crippen molar-refractivity contribution in [2.75, 3.05) is 18.0 Å². The molecule has 3 nitrogen and oxygen atoms in total. The van der Waals surface area contributed by atoms with Gasteiger partial charge in [-0.1, -0.05) is 20.3 Å². The minimum atomic E-state index is 0.689. The lowest BCUT2D eigenvalue weighted by molar-refractivity contribution is 0.362. The van der Waals surface area contributed by atoms with Crippen LogP contribution in [0.4, 0.5) is 5.69 Å². The lowest BCUT2D eigenvalue weighted by Gasteiger charge is -2.39. The van der Waals surface area contributed by atoms with E-state index in [-0.39, 0.29) is 0 Å². The van der Waals surface area contributed by atoms with Gasteiger partial charge in [0.2, 0.25) is 0 Å². The molecule has 2 aliphatic rings. The number of nitrogens with zero attached hydrogens (tertiary/aromatic N) is 2. The van der Waals surface area contributed by atoms with Gasteiger partial charge in [-0.05, 0) is 56.2 Å². The zero-order valence-corrected chi connectivity index (χ0v) is 13.5. The molecule has 0 bridgehead atoms. The van der Waals surface area contributed by atoms with E-state index in [0.717, 1.165) is 25.0 Å². The number of anilines is 1. The predicted octanol–water partition coefficient (Wildman–Crippen LogP) is 3.60. The maximum Gasteiger partial charge on any atom is 0.0562 e. The molecule has 1 N–H and O–H groups in total. The molecule has 1 aromatic heterocycles. The zero-order chi connectivity index (χ0) is 14.7. The van der Waals surface area contributed by atoms with Crippen molar-refractivity contribution in [1.82, 2.24) is 10.3 Å². The molecular weight excluding hydrogens is 258 g/mol. The van der Waals surface area contributed by atoms with E-state index in [1.165, 1.54) is 50.0 Å². The minimum Gasteiger partial charge on any atom is -0.368 e. The Morgan fingerprint density at radius 3 is 3.00 bits per heavy atom. The average molecular weight is 287 g/mol. The number of hydrogen-bond acceptors (Lipinski definition) is 3. The van der Waals surface area contributed by atoms with Gasteiger partial charge < -0.3 is 10.2 Å². The van der Waals surface area contributed by atoms with E-state index >= 15 is 0 Å². The normalized spacial score (nSPS) is 25.4. The number of hydrogen-bond donors (Lipinski definition) is 1. The second-order valence-electron chi connectivity index (χ2n) is 7.12. The van der Waals surface area contributed by atoms with E-state index in [9.17, 15) is 0 Å². The first-order valence-electron chi connectivity index (χ1n) is 8.66. The summed E-state index contributed by atoms with van der Waals surface area (Å²) in [4.78, 5) is 7.19. The van der Waals surface area contributed by atoms with Crippen LogP contribution in [0.3, 0.4) is 0 Å². The van der Waals surface area contributed by atoms with Crippen LogP contribution in [0.2, 0.25) is 0 Å². The summed E-state index contributed by atoms with van der Waals surface area (Å²) in [7, 11) is 0. The van der Waals surface area contributed by atoms with Crippen LogP contribution in [0, 0.1) is 11.8 Å². The molecule has 2 fully saturated rings. The lowest BCUT2D eigenvalue weighted by atomic mass is 9.91. The molecular formula is C18H29N3. The summed E-state index contributed by atoms with van der Waals surface area (Å²) in [6, 6.07) is 5.29. The highest BCUT2D eigenvalue weighted by Gasteiger charge is 2.35. The fraction of sp³-hybridized carbons (Fsp3) is 0.722. The molecule has 116 valence electrons. The summed E-state index contributed by atoms with van der Waals surface area (Å²) in [5.41, 5.74) is 2.57. The summed E-state index contributed by atoms with van der Waals surface area (Å²) >= 11 is 0. The third-order valence-electron chi connectivity index (χ3n) is 4.98. The van der Waals surface area contributed by atoms with Crippen LogP contribution in [0.25, 0.3) is 0 Å². The van der Waals surface area contributed by atoms with Crippen molar-refractivity contribution in [3.8, 4) is 0 Å². The van der Waals surface area contributed by atoms with Crippen LogP contribution >= 0.6 is 0 Å². The van der Waals surface area contributed by atoms with Gasteiger partial charge in [0.25, 0.3) is 0 Å². The molecule has 2 atom stereocenters. The molecule has 3 rings (SSSR count). The molecule has 2 heterocycles. The molecule has 1 saturated heterocycles. The number of fused-ring (bicyclic) bond motifs is 1. The summed E-state index contributed by atoms with van der Waals surface area (Å²) in [5, 5.41) is 3.50. The van der Waals surface area contributed by atoms with Crippen molar-refractivity contribution in [2.45, 2.75) is 58.5 Å². The maximum absolute atomic E-state index is 4.53. The maximum atomic E-state index is 4.53. The van der Waals surface area contributed by atoms with E-state index in [1.807, 2.05) is 6.20 Å². The van der Waals surface area contributed by atoms with Gasteiger partial charge in [0.05, 0.1) is 5.69 Å². The van der Waals surface area contributed by atoms with Crippen molar-refractivity contribution in [3.05, 3.63) is 24.0 Å². The van der Waals surface area contributed by atoms with Crippen LogP contribution in [-0.2, 0) is 6.54 Å². The van der Waals surface area contributed by atoms with Crippen LogP contribution in [0.1, 0.15) is 51.6 Å². The lowest BCUT2D eigenvalue weighted by Crippen LogP contribution is -2.42. The summed E-state index contributed by atoms with van der Waals surface area (Å²) in [6.45, 7) is 7.65. The Bertz CT molecular complexity index is 458. The largest absolute Gasteiger partial charge is 0.368 e. The second kappa shape index (κ2) is 6.78. The Morgan fingerprint density at radius 1 is 1.29 bits per heavy atom. The highest BCUT2D eigenvalue weighted by Crippen LogP contribution is 2.39. The van der Waals surface area contributed by atoms with Gasteiger partial charge >= 0.3 is 0 Å². The van der Waals surface area contributed by atoms with Crippen LogP contribution < -0.4 is 10.2 Å². The fourth-order valence-corrected chi connectivity index (χ4v) is 4.00. The summed E-state index contributed by atoms with van der Waals surface area (Å²) < 4.78 is 0. The molecule has 1 aliphatic heterocycles. The first-order valence-corrected chi connectivity index (χ1v) is 8.66. The third kappa shape index (κ3) is 3.57.